The Morgan fingerprint density at radius 1 is 0.963 bits per heavy atom. The minimum Gasteiger partial charge on any atom is -0.267 e. The minimum absolute atomic E-state index is 0.117. The van der Waals surface area contributed by atoms with E-state index < -0.39 is 11.2 Å². The molecule has 8 heteroatoms. The Hall–Kier alpha value is -2.46. The van der Waals surface area contributed by atoms with E-state index in [9.17, 15) is 14.9 Å². The average molecular weight is 418 g/mol. The topological polar surface area (TPSA) is 67.8 Å². The lowest BCUT2D eigenvalue weighted by Gasteiger charge is -2.16. The number of halogens is 2. The molecule has 0 saturated carbocycles. The lowest BCUT2D eigenvalue weighted by molar-refractivity contribution is 0.735. The first-order chi connectivity index (χ1) is 12.9. The van der Waals surface area contributed by atoms with Crippen LogP contribution in [0.25, 0.3) is 11.4 Å². The molecule has 27 heavy (non-hydrogen) atoms. The van der Waals surface area contributed by atoms with E-state index in [1.807, 2.05) is 25.1 Å². The van der Waals surface area contributed by atoms with Gasteiger partial charge in [0.15, 0.2) is 0 Å². The van der Waals surface area contributed by atoms with Crippen LogP contribution in [0.3, 0.4) is 0 Å². The number of nitriles is 1. The number of hydrogen-bond acceptors (Lipinski definition) is 4. The SMILES string of the molecule is CSc1c(C#N)c(=O)n(-c2ccc(Cl)c(Cl)c2)c(=O)n1-c1ccc(C)cc1. The molecule has 5 nitrogen and oxygen atoms in total. The molecule has 0 saturated heterocycles. The van der Waals surface area contributed by atoms with Gasteiger partial charge in [-0.15, -0.1) is 11.8 Å². The molecule has 0 atom stereocenters. The van der Waals surface area contributed by atoms with E-state index in [0.29, 0.717) is 10.7 Å². The summed E-state index contributed by atoms with van der Waals surface area (Å²) in [5, 5.41) is 10.4. The monoisotopic (exact) mass is 417 g/mol. The summed E-state index contributed by atoms with van der Waals surface area (Å²) < 4.78 is 2.28. The van der Waals surface area contributed by atoms with Gasteiger partial charge in [0, 0.05) is 0 Å². The molecule has 0 aliphatic carbocycles. The Kier molecular flexibility index (Phi) is 5.47. The molecular formula is C19H13Cl2N3O2S. The van der Waals surface area contributed by atoms with Crippen molar-refractivity contribution in [2.45, 2.75) is 11.9 Å². The van der Waals surface area contributed by atoms with Crippen LogP contribution in [0.2, 0.25) is 10.0 Å². The molecule has 3 rings (SSSR count). The van der Waals surface area contributed by atoms with Crippen molar-refractivity contribution in [3.8, 4) is 17.4 Å². The Balaban J connectivity index is 2.46. The number of aryl methyl sites for hydroxylation is 1. The molecule has 0 radical (unpaired) electrons. The first-order valence-corrected chi connectivity index (χ1v) is 9.75. The van der Waals surface area contributed by atoms with Crippen LogP contribution in [0, 0.1) is 18.3 Å². The van der Waals surface area contributed by atoms with E-state index in [1.165, 1.54) is 22.8 Å². The fourth-order valence-corrected chi connectivity index (χ4v) is 3.65. The highest BCUT2D eigenvalue weighted by molar-refractivity contribution is 7.98. The second-order valence-electron chi connectivity index (χ2n) is 5.69. The molecule has 0 aliphatic rings. The van der Waals surface area contributed by atoms with Crippen molar-refractivity contribution < 1.29 is 0 Å². The van der Waals surface area contributed by atoms with Gasteiger partial charge in [-0.1, -0.05) is 40.9 Å². The molecule has 0 aliphatic heterocycles. The Morgan fingerprint density at radius 3 is 2.15 bits per heavy atom. The molecule has 1 aromatic heterocycles. The van der Waals surface area contributed by atoms with Gasteiger partial charge in [0.1, 0.15) is 16.7 Å². The van der Waals surface area contributed by atoms with Gasteiger partial charge >= 0.3 is 5.69 Å². The normalized spacial score (nSPS) is 10.6. The quantitative estimate of drug-likeness (QED) is 0.472. The smallest absolute Gasteiger partial charge is 0.267 e. The zero-order chi connectivity index (χ0) is 19.7. The van der Waals surface area contributed by atoms with Crippen molar-refractivity contribution in [3.05, 3.63) is 84.5 Å². The fraction of sp³-hybridized carbons (Fsp3) is 0.105. The second kappa shape index (κ2) is 7.65. The summed E-state index contributed by atoms with van der Waals surface area (Å²) >= 11 is 13.2. The third-order valence-corrected chi connectivity index (χ3v) is 5.49. The van der Waals surface area contributed by atoms with Gasteiger partial charge in [0.05, 0.1) is 21.4 Å². The van der Waals surface area contributed by atoms with Crippen LogP contribution in [0.5, 0.6) is 0 Å². The maximum atomic E-state index is 13.2. The molecule has 0 amide bonds. The Bertz CT molecular complexity index is 1190. The third kappa shape index (κ3) is 3.42. The molecule has 0 spiro atoms. The van der Waals surface area contributed by atoms with E-state index in [1.54, 1.807) is 18.4 Å². The van der Waals surface area contributed by atoms with Crippen molar-refractivity contribution in [1.29, 1.82) is 5.26 Å². The average Bonchev–Trinajstić information content (AvgIpc) is 2.65. The van der Waals surface area contributed by atoms with Crippen molar-refractivity contribution in [1.82, 2.24) is 9.13 Å². The van der Waals surface area contributed by atoms with Crippen LogP contribution < -0.4 is 11.2 Å². The lowest BCUT2D eigenvalue weighted by atomic mass is 10.2. The summed E-state index contributed by atoms with van der Waals surface area (Å²) in [5.74, 6) is 0. The van der Waals surface area contributed by atoms with Crippen LogP contribution in [-0.4, -0.2) is 15.4 Å². The maximum Gasteiger partial charge on any atom is 0.341 e. The standard InChI is InChI=1S/C19H13Cl2N3O2S/c1-11-3-5-12(6-4-11)24-18(27-2)14(10-22)17(25)23(19(24)26)13-7-8-15(20)16(21)9-13/h3-9H,1-2H3. The summed E-state index contributed by atoms with van der Waals surface area (Å²) in [7, 11) is 0. The Labute approximate surface area is 169 Å². The van der Waals surface area contributed by atoms with Crippen molar-refractivity contribution in [2.24, 2.45) is 0 Å². The van der Waals surface area contributed by atoms with Crippen molar-refractivity contribution in [3.63, 3.8) is 0 Å². The zero-order valence-corrected chi connectivity index (χ0v) is 16.7. The van der Waals surface area contributed by atoms with Crippen LogP contribution in [0.15, 0.2) is 57.1 Å². The predicted molar refractivity (Wildman–Crippen MR) is 109 cm³/mol. The molecule has 136 valence electrons. The summed E-state index contributed by atoms with van der Waals surface area (Å²) in [5.41, 5.74) is 0.411. The summed E-state index contributed by atoms with van der Waals surface area (Å²) in [6.45, 7) is 1.93. The van der Waals surface area contributed by atoms with Crippen LogP contribution in [0.1, 0.15) is 11.1 Å². The first kappa shape index (κ1) is 19.3. The fourth-order valence-electron chi connectivity index (χ4n) is 2.65. The van der Waals surface area contributed by atoms with Crippen LogP contribution in [0.4, 0.5) is 0 Å². The van der Waals surface area contributed by atoms with E-state index in [-0.39, 0.29) is 21.3 Å². The molecule has 1 heterocycles. The van der Waals surface area contributed by atoms with Gasteiger partial charge in [-0.25, -0.2) is 9.36 Å². The summed E-state index contributed by atoms with van der Waals surface area (Å²) in [6.07, 6.45) is 1.71. The predicted octanol–water partition coefficient (Wildman–Crippen LogP) is 4.20. The molecule has 3 aromatic rings. The molecule has 2 aromatic carbocycles. The van der Waals surface area contributed by atoms with Gasteiger partial charge in [0.25, 0.3) is 5.56 Å². The largest absolute Gasteiger partial charge is 0.341 e. The van der Waals surface area contributed by atoms with Gasteiger partial charge in [-0.05, 0) is 43.5 Å². The highest BCUT2D eigenvalue weighted by Gasteiger charge is 2.21. The number of hydrogen-bond donors (Lipinski definition) is 0. The van der Waals surface area contributed by atoms with Crippen LogP contribution in [-0.2, 0) is 0 Å². The van der Waals surface area contributed by atoms with Crippen LogP contribution >= 0.6 is 35.0 Å². The summed E-state index contributed by atoms with van der Waals surface area (Å²) in [6, 6.07) is 13.6. The second-order valence-corrected chi connectivity index (χ2v) is 7.30. The van der Waals surface area contributed by atoms with Crippen molar-refractivity contribution in [2.75, 3.05) is 6.26 Å². The highest BCUT2D eigenvalue weighted by Crippen LogP contribution is 2.25. The van der Waals surface area contributed by atoms with Gasteiger partial charge in [-0.2, -0.15) is 5.26 Å². The number of thioether (sulfide) groups is 1. The van der Waals surface area contributed by atoms with Gasteiger partial charge in [-0.3, -0.25) is 9.36 Å². The van der Waals surface area contributed by atoms with Gasteiger partial charge < -0.3 is 0 Å². The maximum absolute atomic E-state index is 13.2. The van der Waals surface area contributed by atoms with E-state index in [2.05, 4.69) is 0 Å². The van der Waals surface area contributed by atoms with Gasteiger partial charge in [0.2, 0.25) is 0 Å². The summed E-state index contributed by atoms with van der Waals surface area (Å²) in [4.78, 5) is 26.1. The highest BCUT2D eigenvalue weighted by atomic mass is 35.5. The first-order valence-electron chi connectivity index (χ1n) is 7.77. The molecule has 0 unspecified atom stereocenters. The lowest BCUT2D eigenvalue weighted by Crippen LogP contribution is -2.40. The number of benzene rings is 2. The zero-order valence-electron chi connectivity index (χ0n) is 14.4. The van der Waals surface area contributed by atoms with E-state index in [4.69, 9.17) is 23.2 Å². The van der Waals surface area contributed by atoms with Crippen molar-refractivity contribution >= 4 is 35.0 Å². The Morgan fingerprint density at radius 2 is 1.59 bits per heavy atom. The number of nitrogens with zero attached hydrogens (tertiary/aromatic N) is 3. The molecule has 0 bridgehead atoms. The molecular weight excluding hydrogens is 405 g/mol. The van der Waals surface area contributed by atoms with E-state index >= 15 is 0 Å². The third-order valence-electron chi connectivity index (χ3n) is 3.98. The minimum atomic E-state index is -0.700. The number of aromatic nitrogens is 2. The molecule has 0 N–H and O–H groups in total. The van der Waals surface area contributed by atoms with E-state index in [0.717, 1.165) is 21.9 Å². The number of rotatable bonds is 3. The molecule has 0 fully saturated rings.